The molecule has 66 valence electrons. The first-order valence-corrected chi connectivity index (χ1v) is 3.61. The maximum atomic E-state index is 11.1. The van der Waals surface area contributed by atoms with Gasteiger partial charge < -0.3 is 4.42 Å². The van der Waals surface area contributed by atoms with Crippen molar-refractivity contribution >= 4 is 17.6 Å². The molecule has 2 amide bonds. The number of imide groups is 1. The van der Waals surface area contributed by atoms with Crippen molar-refractivity contribution in [2.24, 2.45) is 0 Å². The molecule has 1 fully saturated rings. The normalized spacial score (nSPS) is 22.2. The molecule has 0 aromatic carbocycles. The summed E-state index contributed by atoms with van der Waals surface area (Å²) in [5.41, 5.74) is 0.411. The van der Waals surface area contributed by atoms with E-state index in [-0.39, 0.29) is 0 Å². The third-order valence-corrected chi connectivity index (χ3v) is 1.86. The number of furan rings is 1. The minimum Gasteiger partial charge on any atom is -0.472 e. The van der Waals surface area contributed by atoms with Crippen molar-refractivity contribution in [3.63, 3.8) is 0 Å². The van der Waals surface area contributed by atoms with Crippen molar-refractivity contribution in [1.29, 1.82) is 0 Å². The van der Waals surface area contributed by atoms with Gasteiger partial charge in [-0.3, -0.25) is 19.7 Å². The topological polar surface area (TPSA) is 76.4 Å². The molecule has 1 saturated heterocycles. The molecule has 0 bridgehead atoms. The van der Waals surface area contributed by atoms with Crippen molar-refractivity contribution in [2.45, 2.75) is 5.92 Å². The fourth-order valence-corrected chi connectivity index (χ4v) is 1.24. The van der Waals surface area contributed by atoms with Gasteiger partial charge in [-0.2, -0.15) is 0 Å². The molecule has 1 aromatic heterocycles. The highest BCUT2D eigenvalue weighted by Gasteiger charge is 2.41. The number of carbonyl (C=O) groups excluding carboxylic acids is 3. The van der Waals surface area contributed by atoms with Gasteiger partial charge in [-0.1, -0.05) is 0 Å². The Bertz CT molecular complexity index is 379. The highest BCUT2D eigenvalue weighted by Crippen LogP contribution is 2.21. The number of hydrogen-bond donors (Lipinski definition) is 1. The van der Waals surface area contributed by atoms with E-state index in [9.17, 15) is 14.4 Å². The average molecular weight is 179 g/mol. The molecule has 0 spiro atoms. The smallest absolute Gasteiger partial charge is 0.295 e. The van der Waals surface area contributed by atoms with Crippen LogP contribution in [0.1, 0.15) is 11.5 Å². The Kier molecular flexibility index (Phi) is 1.51. The lowest BCUT2D eigenvalue weighted by molar-refractivity contribution is -0.135. The van der Waals surface area contributed by atoms with Gasteiger partial charge in [0.15, 0.2) is 0 Å². The number of rotatable bonds is 1. The zero-order valence-electron chi connectivity index (χ0n) is 6.44. The second-order valence-electron chi connectivity index (χ2n) is 2.67. The molecule has 1 atom stereocenters. The van der Waals surface area contributed by atoms with Crippen LogP contribution < -0.4 is 5.32 Å². The number of nitrogens with one attached hydrogen (secondary N) is 1. The standard InChI is InChI=1S/C8H5NO4/c10-6-5(4-1-2-13-3-4)7(11)9-8(6)12/h1-3,5H,(H,9,11,12). The Morgan fingerprint density at radius 2 is 2.08 bits per heavy atom. The molecule has 1 aliphatic heterocycles. The summed E-state index contributed by atoms with van der Waals surface area (Å²) < 4.78 is 4.72. The monoisotopic (exact) mass is 179 g/mol. The first-order chi connectivity index (χ1) is 6.20. The van der Waals surface area contributed by atoms with E-state index < -0.39 is 23.5 Å². The molecule has 2 heterocycles. The Hall–Kier alpha value is -1.91. The molecule has 13 heavy (non-hydrogen) atoms. The van der Waals surface area contributed by atoms with Crippen LogP contribution >= 0.6 is 0 Å². The molecule has 0 saturated carbocycles. The maximum absolute atomic E-state index is 11.1. The van der Waals surface area contributed by atoms with Gasteiger partial charge in [0.25, 0.3) is 5.91 Å². The summed E-state index contributed by atoms with van der Waals surface area (Å²) in [7, 11) is 0. The molecular weight excluding hydrogens is 174 g/mol. The number of carbonyl (C=O) groups is 3. The maximum Gasteiger partial charge on any atom is 0.295 e. The molecule has 1 aliphatic rings. The summed E-state index contributed by atoms with van der Waals surface area (Å²) >= 11 is 0. The van der Waals surface area contributed by atoms with E-state index in [0.29, 0.717) is 5.56 Å². The van der Waals surface area contributed by atoms with E-state index in [1.54, 1.807) is 0 Å². The second kappa shape index (κ2) is 2.55. The Labute approximate surface area is 72.7 Å². The molecule has 0 aliphatic carbocycles. The predicted octanol–water partition coefficient (Wildman–Crippen LogP) is -0.411. The molecule has 1 aromatic rings. The quantitative estimate of drug-likeness (QED) is 0.361. The predicted molar refractivity (Wildman–Crippen MR) is 39.6 cm³/mol. The van der Waals surface area contributed by atoms with Crippen LogP contribution in [0.2, 0.25) is 0 Å². The molecular formula is C8H5NO4. The van der Waals surface area contributed by atoms with Crippen LogP contribution in [0, 0.1) is 0 Å². The lowest BCUT2D eigenvalue weighted by Crippen LogP contribution is -2.22. The summed E-state index contributed by atoms with van der Waals surface area (Å²) in [5, 5.41) is 1.94. The van der Waals surface area contributed by atoms with Crippen LogP contribution in [0.5, 0.6) is 0 Å². The second-order valence-corrected chi connectivity index (χ2v) is 2.67. The summed E-state index contributed by atoms with van der Waals surface area (Å²) in [6.45, 7) is 0. The van der Waals surface area contributed by atoms with Crippen molar-refractivity contribution in [2.75, 3.05) is 0 Å². The van der Waals surface area contributed by atoms with E-state index in [0.717, 1.165) is 0 Å². The molecule has 2 rings (SSSR count). The summed E-state index contributed by atoms with van der Waals surface area (Å²) in [4.78, 5) is 33.0. The average Bonchev–Trinajstić information content (AvgIpc) is 2.63. The van der Waals surface area contributed by atoms with E-state index in [1.807, 2.05) is 5.32 Å². The number of amides is 2. The first kappa shape index (κ1) is 7.72. The van der Waals surface area contributed by atoms with E-state index >= 15 is 0 Å². The van der Waals surface area contributed by atoms with Crippen molar-refractivity contribution in [1.82, 2.24) is 5.32 Å². The van der Waals surface area contributed by atoms with Gasteiger partial charge in [0.2, 0.25) is 11.7 Å². The number of ketones is 1. The van der Waals surface area contributed by atoms with Crippen LogP contribution in [0.4, 0.5) is 0 Å². The SMILES string of the molecule is O=C1NC(=O)C(c2ccoc2)C1=O. The van der Waals surface area contributed by atoms with Gasteiger partial charge in [0.1, 0.15) is 5.92 Å². The van der Waals surface area contributed by atoms with Gasteiger partial charge in [-0.05, 0) is 6.07 Å². The van der Waals surface area contributed by atoms with Crippen LogP contribution in [0.15, 0.2) is 23.0 Å². The largest absolute Gasteiger partial charge is 0.472 e. The highest BCUT2D eigenvalue weighted by atomic mass is 16.3. The Morgan fingerprint density at radius 1 is 1.31 bits per heavy atom. The Balaban J connectivity index is 2.40. The Morgan fingerprint density at radius 3 is 2.54 bits per heavy atom. The third-order valence-electron chi connectivity index (χ3n) is 1.86. The molecule has 1 N–H and O–H groups in total. The lowest BCUT2D eigenvalue weighted by atomic mass is 10.00. The summed E-state index contributed by atoms with van der Waals surface area (Å²) in [5.74, 6) is -3.19. The minimum absolute atomic E-state index is 0.411. The van der Waals surface area contributed by atoms with Crippen molar-refractivity contribution < 1.29 is 18.8 Å². The van der Waals surface area contributed by atoms with E-state index in [2.05, 4.69) is 0 Å². The molecule has 5 nitrogen and oxygen atoms in total. The number of hydrogen-bond acceptors (Lipinski definition) is 4. The zero-order chi connectivity index (χ0) is 9.42. The van der Waals surface area contributed by atoms with E-state index in [4.69, 9.17) is 4.42 Å². The van der Waals surface area contributed by atoms with Crippen LogP contribution in [-0.2, 0) is 14.4 Å². The van der Waals surface area contributed by atoms with Gasteiger partial charge >= 0.3 is 0 Å². The fraction of sp³-hybridized carbons (Fsp3) is 0.125. The van der Waals surface area contributed by atoms with Crippen LogP contribution in [0.25, 0.3) is 0 Å². The van der Waals surface area contributed by atoms with Crippen molar-refractivity contribution in [3.8, 4) is 0 Å². The first-order valence-electron chi connectivity index (χ1n) is 3.61. The van der Waals surface area contributed by atoms with Crippen LogP contribution in [0.3, 0.4) is 0 Å². The van der Waals surface area contributed by atoms with Crippen LogP contribution in [-0.4, -0.2) is 17.6 Å². The zero-order valence-corrected chi connectivity index (χ0v) is 6.44. The minimum atomic E-state index is -1.02. The van der Waals surface area contributed by atoms with Crippen molar-refractivity contribution in [3.05, 3.63) is 24.2 Å². The molecule has 1 unspecified atom stereocenters. The highest BCUT2D eigenvalue weighted by molar-refractivity contribution is 6.49. The summed E-state index contributed by atoms with van der Waals surface area (Å²) in [6, 6.07) is 1.49. The number of Topliss-reactive ketones (excluding diaryl/α,β-unsaturated/α-hetero) is 1. The third kappa shape index (κ3) is 1.05. The van der Waals surface area contributed by atoms with Gasteiger partial charge in [-0.25, -0.2) is 0 Å². The van der Waals surface area contributed by atoms with Gasteiger partial charge in [0, 0.05) is 5.56 Å². The fourth-order valence-electron chi connectivity index (χ4n) is 1.24. The molecule has 5 heteroatoms. The van der Waals surface area contributed by atoms with Gasteiger partial charge in [0.05, 0.1) is 12.5 Å². The van der Waals surface area contributed by atoms with E-state index in [1.165, 1.54) is 18.6 Å². The van der Waals surface area contributed by atoms with Gasteiger partial charge in [-0.15, -0.1) is 0 Å². The molecule has 0 radical (unpaired) electrons. The lowest BCUT2D eigenvalue weighted by Gasteiger charge is -1.97. The summed E-state index contributed by atoms with van der Waals surface area (Å²) in [6.07, 6.45) is 2.62.